The number of piperidine rings is 1. The van der Waals surface area contributed by atoms with E-state index in [-0.39, 0.29) is 17.6 Å². The van der Waals surface area contributed by atoms with Crippen LogP contribution in [0.5, 0.6) is 0 Å². The van der Waals surface area contributed by atoms with Gasteiger partial charge in [0, 0.05) is 25.4 Å². The van der Waals surface area contributed by atoms with Crippen LogP contribution >= 0.6 is 0 Å². The summed E-state index contributed by atoms with van der Waals surface area (Å²) in [5.74, 6) is -0.0354. The fourth-order valence-electron chi connectivity index (χ4n) is 3.26. The second kappa shape index (κ2) is 7.91. The number of carbonyl (C=O) groups is 1. The molecule has 0 saturated carbocycles. The molecule has 1 fully saturated rings. The summed E-state index contributed by atoms with van der Waals surface area (Å²) in [5.41, 5.74) is -0.364. The highest BCUT2D eigenvalue weighted by molar-refractivity contribution is 5.78. The molecule has 1 heterocycles. The van der Waals surface area contributed by atoms with Gasteiger partial charge in [-0.25, -0.2) is 4.39 Å². The third-order valence-electron chi connectivity index (χ3n) is 4.90. The number of amides is 1. The van der Waals surface area contributed by atoms with Crippen LogP contribution in [-0.4, -0.2) is 34.6 Å². The van der Waals surface area contributed by atoms with Crippen molar-refractivity contribution in [2.24, 2.45) is 5.92 Å². The van der Waals surface area contributed by atoms with Crippen molar-refractivity contribution in [3.05, 3.63) is 35.6 Å². The Morgan fingerprint density at radius 1 is 1.35 bits per heavy atom. The fourth-order valence-corrected chi connectivity index (χ4v) is 3.26. The van der Waals surface area contributed by atoms with E-state index >= 15 is 0 Å². The van der Waals surface area contributed by atoms with Gasteiger partial charge in [-0.2, -0.15) is 0 Å². The minimum Gasteiger partial charge on any atom is -0.389 e. The first-order valence-electron chi connectivity index (χ1n) is 8.70. The molecule has 1 aliphatic heterocycles. The molecule has 0 aliphatic carbocycles. The van der Waals surface area contributed by atoms with Crippen LogP contribution in [0.4, 0.5) is 4.39 Å². The molecule has 1 atom stereocenters. The van der Waals surface area contributed by atoms with E-state index in [1.165, 1.54) is 6.07 Å². The number of unbranched alkanes of at least 4 members (excludes halogenated alkanes) is 1. The van der Waals surface area contributed by atoms with E-state index in [1.807, 2.05) is 11.8 Å². The van der Waals surface area contributed by atoms with Crippen LogP contribution in [0, 0.1) is 11.7 Å². The molecule has 1 saturated heterocycles. The fraction of sp³-hybridized carbons (Fsp3) is 0.632. The molecule has 0 spiro atoms. The lowest BCUT2D eigenvalue weighted by Crippen LogP contribution is -2.49. The molecular formula is C19H28FNO2. The van der Waals surface area contributed by atoms with Crippen LogP contribution in [-0.2, 0) is 11.2 Å². The van der Waals surface area contributed by atoms with Crippen molar-refractivity contribution >= 4 is 5.91 Å². The number of carbonyl (C=O) groups excluding carboxylic acids is 1. The lowest BCUT2D eigenvalue weighted by atomic mass is 9.84. The largest absolute Gasteiger partial charge is 0.389 e. The molecule has 0 radical (unpaired) electrons. The molecule has 128 valence electrons. The van der Waals surface area contributed by atoms with Crippen molar-refractivity contribution in [3.63, 3.8) is 0 Å². The molecule has 0 bridgehead atoms. The normalized spacial score (nSPS) is 18.7. The molecule has 3 nitrogen and oxygen atoms in total. The Labute approximate surface area is 138 Å². The van der Waals surface area contributed by atoms with Crippen molar-refractivity contribution in [2.75, 3.05) is 13.1 Å². The standard InChI is InChI=1S/C19H28FNO2/c1-3-4-7-15(2)18(22)21-12-10-19(23,11-13-21)14-16-8-5-6-9-17(16)20/h5-6,8-9,15,23H,3-4,7,10-14H2,1-2H3. The number of likely N-dealkylation sites (tertiary alicyclic amines) is 1. The minimum absolute atomic E-state index is 0.0488. The van der Waals surface area contributed by atoms with Crippen LogP contribution in [0.25, 0.3) is 0 Å². The summed E-state index contributed by atoms with van der Waals surface area (Å²) in [6.45, 7) is 5.22. The van der Waals surface area contributed by atoms with E-state index in [9.17, 15) is 14.3 Å². The molecule has 23 heavy (non-hydrogen) atoms. The number of nitrogens with zero attached hydrogens (tertiary/aromatic N) is 1. The van der Waals surface area contributed by atoms with Gasteiger partial charge in [0.2, 0.25) is 5.91 Å². The van der Waals surface area contributed by atoms with Crippen LogP contribution in [0.2, 0.25) is 0 Å². The Morgan fingerprint density at radius 3 is 2.61 bits per heavy atom. The molecule has 0 aromatic heterocycles. The summed E-state index contributed by atoms with van der Waals surface area (Å²) in [4.78, 5) is 14.3. The average molecular weight is 321 g/mol. The SMILES string of the molecule is CCCCC(C)C(=O)N1CCC(O)(Cc2ccccc2F)CC1. The molecule has 1 aromatic rings. The molecule has 1 aromatic carbocycles. The quantitative estimate of drug-likeness (QED) is 0.870. The first-order chi connectivity index (χ1) is 10.9. The van der Waals surface area contributed by atoms with Crippen LogP contribution in [0.15, 0.2) is 24.3 Å². The number of aliphatic hydroxyl groups is 1. The van der Waals surface area contributed by atoms with E-state index in [4.69, 9.17) is 0 Å². The summed E-state index contributed by atoms with van der Waals surface area (Å²) in [6, 6.07) is 6.59. The molecule has 1 amide bonds. The Morgan fingerprint density at radius 2 is 2.00 bits per heavy atom. The van der Waals surface area contributed by atoms with E-state index in [0.717, 1.165) is 19.3 Å². The van der Waals surface area contributed by atoms with Crippen LogP contribution < -0.4 is 0 Å². The molecular weight excluding hydrogens is 293 g/mol. The maximum atomic E-state index is 13.8. The first kappa shape index (κ1) is 17.9. The van der Waals surface area contributed by atoms with Gasteiger partial charge >= 0.3 is 0 Å². The van der Waals surface area contributed by atoms with Crippen molar-refractivity contribution in [1.29, 1.82) is 0 Å². The maximum absolute atomic E-state index is 13.8. The summed E-state index contributed by atoms with van der Waals surface area (Å²) < 4.78 is 13.8. The lowest BCUT2D eigenvalue weighted by Gasteiger charge is -2.39. The van der Waals surface area contributed by atoms with Crippen LogP contribution in [0.3, 0.4) is 0 Å². The number of benzene rings is 1. The predicted molar refractivity (Wildman–Crippen MR) is 89.6 cm³/mol. The van der Waals surface area contributed by atoms with Gasteiger partial charge in [-0.1, -0.05) is 44.9 Å². The highest BCUT2D eigenvalue weighted by atomic mass is 19.1. The monoisotopic (exact) mass is 321 g/mol. The summed E-state index contributed by atoms with van der Waals surface area (Å²) in [6.07, 6.45) is 4.41. The first-order valence-corrected chi connectivity index (χ1v) is 8.70. The van der Waals surface area contributed by atoms with Gasteiger partial charge in [-0.05, 0) is 30.9 Å². The Bertz CT molecular complexity index is 524. The molecule has 2 rings (SSSR count). The average Bonchev–Trinajstić information content (AvgIpc) is 2.55. The smallest absolute Gasteiger partial charge is 0.225 e. The van der Waals surface area contributed by atoms with E-state index in [0.29, 0.717) is 37.9 Å². The van der Waals surface area contributed by atoms with Crippen molar-refractivity contribution in [1.82, 2.24) is 4.90 Å². The topological polar surface area (TPSA) is 40.5 Å². The highest BCUT2D eigenvalue weighted by Crippen LogP contribution is 2.28. The van der Waals surface area contributed by atoms with E-state index < -0.39 is 5.60 Å². The Hall–Kier alpha value is -1.42. The van der Waals surface area contributed by atoms with E-state index in [2.05, 4.69) is 6.92 Å². The van der Waals surface area contributed by atoms with Crippen LogP contribution in [0.1, 0.15) is 51.5 Å². The lowest BCUT2D eigenvalue weighted by molar-refractivity contribution is -0.139. The number of hydrogen-bond donors (Lipinski definition) is 1. The van der Waals surface area contributed by atoms with Gasteiger partial charge in [0.25, 0.3) is 0 Å². The number of hydrogen-bond acceptors (Lipinski definition) is 2. The van der Waals surface area contributed by atoms with Crippen molar-refractivity contribution in [3.8, 4) is 0 Å². The Balaban J connectivity index is 1.89. The second-order valence-electron chi connectivity index (χ2n) is 6.86. The van der Waals surface area contributed by atoms with Gasteiger partial charge in [0.05, 0.1) is 5.60 Å². The van der Waals surface area contributed by atoms with Gasteiger partial charge in [-0.3, -0.25) is 4.79 Å². The third kappa shape index (κ3) is 4.77. The number of rotatable bonds is 6. The van der Waals surface area contributed by atoms with Gasteiger partial charge in [0.15, 0.2) is 0 Å². The molecule has 1 unspecified atom stereocenters. The molecule has 1 aliphatic rings. The predicted octanol–water partition coefficient (Wildman–Crippen LogP) is 3.55. The molecule has 4 heteroatoms. The van der Waals surface area contributed by atoms with Gasteiger partial charge in [0.1, 0.15) is 5.82 Å². The zero-order valence-electron chi connectivity index (χ0n) is 14.2. The summed E-state index contributed by atoms with van der Waals surface area (Å²) >= 11 is 0. The van der Waals surface area contributed by atoms with Crippen molar-refractivity contribution in [2.45, 2.75) is 58.0 Å². The minimum atomic E-state index is -0.911. The van der Waals surface area contributed by atoms with Gasteiger partial charge in [-0.15, -0.1) is 0 Å². The summed E-state index contributed by atoms with van der Waals surface area (Å²) in [7, 11) is 0. The highest BCUT2D eigenvalue weighted by Gasteiger charge is 2.35. The van der Waals surface area contributed by atoms with Gasteiger partial charge < -0.3 is 10.0 Å². The van der Waals surface area contributed by atoms with E-state index in [1.54, 1.807) is 18.2 Å². The second-order valence-corrected chi connectivity index (χ2v) is 6.86. The maximum Gasteiger partial charge on any atom is 0.225 e. The van der Waals surface area contributed by atoms with Crippen molar-refractivity contribution < 1.29 is 14.3 Å². The number of halogens is 1. The molecule has 1 N–H and O–H groups in total. The Kier molecular flexibility index (Phi) is 6.17. The summed E-state index contributed by atoms with van der Waals surface area (Å²) in [5, 5.41) is 10.7. The zero-order chi connectivity index (χ0) is 16.9. The third-order valence-corrected chi connectivity index (χ3v) is 4.90. The zero-order valence-corrected chi connectivity index (χ0v) is 14.2.